The topological polar surface area (TPSA) is 70.8 Å². The van der Waals surface area contributed by atoms with E-state index >= 15 is 0 Å². The fourth-order valence-corrected chi connectivity index (χ4v) is 5.20. The number of rotatable bonds is 7. The van der Waals surface area contributed by atoms with Crippen LogP contribution in [0.15, 0.2) is 42.0 Å². The summed E-state index contributed by atoms with van der Waals surface area (Å²) in [5.74, 6) is 0.336. The Hall–Kier alpha value is -2.73. The molecule has 1 fully saturated rings. The van der Waals surface area contributed by atoms with Crippen LogP contribution < -0.4 is 10.1 Å². The number of hydrogen-bond donors (Lipinski definition) is 1. The molecule has 0 saturated carbocycles. The molecule has 0 unspecified atom stereocenters. The zero-order valence-electron chi connectivity index (χ0n) is 17.7. The number of aromatic nitrogens is 4. The third-order valence-corrected chi connectivity index (χ3v) is 6.96. The second kappa shape index (κ2) is 9.02. The van der Waals surface area contributed by atoms with Crippen molar-refractivity contribution in [1.82, 2.24) is 28.0 Å². The number of anilines is 1. The van der Waals surface area contributed by atoms with E-state index < -0.39 is 5.82 Å². The number of ether oxygens (including phenoxy) is 1. The molecule has 166 valence electrons. The summed E-state index contributed by atoms with van der Waals surface area (Å²) in [4.78, 5) is 14.8. The maximum absolute atomic E-state index is 14.0. The second-order valence-corrected chi connectivity index (χ2v) is 9.44. The number of methoxy groups -OCH3 is 1. The highest BCUT2D eigenvalue weighted by Crippen LogP contribution is 2.35. The smallest absolute Gasteiger partial charge is 0.223 e. The first-order chi connectivity index (χ1) is 15.6. The third kappa shape index (κ3) is 4.16. The number of fused-ring (bicyclic) bond motifs is 1. The highest BCUT2D eigenvalue weighted by molar-refractivity contribution is 7.94. The largest absolute Gasteiger partial charge is 0.494 e. The van der Waals surface area contributed by atoms with Gasteiger partial charge in [0.25, 0.3) is 0 Å². The fourth-order valence-electron chi connectivity index (χ4n) is 3.59. The van der Waals surface area contributed by atoms with Crippen LogP contribution in [0.3, 0.4) is 0 Å². The van der Waals surface area contributed by atoms with Crippen molar-refractivity contribution in [3.63, 3.8) is 0 Å². The first-order valence-electron chi connectivity index (χ1n) is 10.1. The van der Waals surface area contributed by atoms with Gasteiger partial charge >= 0.3 is 0 Å². The molecule has 3 aromatic heterocycles. The summed E-state index contributed by atoms with van der Waals surface area (Å²) in [6.07, 6.45) is 3.70. The van der Waals surface area contributed by atoms with Gasteiger partial charge in [-0.15, -0.1) is 11.3 Å². The molecule has 1 aliphatic heterocycles. The third-order valence-electron chi connectivity index (χ3n) is 5.15. The predicted molar refractivity (Wildman–Crippen MR) is 126 cm³/mol. The lowest BCUT2D eigenvalue weighted by molar-refractivity contribution is 0.387. The minimum atomic E-state index is -0.408. The van der Waals surface area contributed by atoms with Gasteiger partial charge in [-0.1, -0.05) is 0 Å². The Bertz CT molecular complexity index is 1240. The van der Waals surface area contributed by atoms with Gasteiger partial charge in [-0.05, 0) is 31.3 Å². The van der Waals surface area contributed by atoms with Crippen LogP contribution in [0.5, 0.6) is 5.75 Å². The summed E-state index contributed by atoms with van der Waals surface area (Å²) >= 11 is 3.28. The molecule has 0 radical (unpaired) electrons. The molecule has 11 heteroatoms. The Labute approximate surface area is 193 Å². The van der Waals surface area contributed by atoms with Gasteiger partial charge in [0.1, 0.15) is 5.69 Å². The van der Waals surface area contributed by atoms with Crippen molar-refractivity contribution in [2.24, 2.45) is 0 Å². The zero-order chi connectivity index (χ0) is 22.1. The summed E-state index contributed by atoms with van der Waals surface area (Å²) in [7, 11) is 3.55. The average molecular weight is 472 g/mol. The molecule has 5 rings (SSSR count). The van der Waals surface area contributed by atoms with Crippen LogP contribution in [0.2, 0.25) is 0 Å². The fraction of sp³-hybridized carbons (Fsp3) is 0.286. The van der Waals surface area contributed by atoms with E-state index in [2.05, 4.69) is 26.0 Å². The normalized spacial score (nSPS) is 15.0. The standard InChI is InChI=1S/C21H22FN7OS2/c1-27-9-10-28(32-27)8-7-24-20-23-6-5-16(25-20)19-18(26-21-29(19)11-12-31-21)14-3-4-15(22)17(13-14)30-2/h3-6,11-13H,7-10H2,1-2H3,(H,23,24,25). The van der Waals surface area contributed by atoms with Crippen LogP contribution in [-0.4, -0.2) is 68.3 Å². The molecule has 0 bridgehead atoms. The van der Waals surface area contributed by atoms with E-state index in [4.69, 9.17) is 14.7 Å². The van der Waals surface area contributed by atoms with Crippen LogP contribution in [0, 0.1) is 5.82 Å². The monoisotopic (exact) mass is 471 g/mol. The number of nitrogens with one attached hydrogen (secondary N) is 1. The first-order valence-corrected chi connectivity index (χ1v) is 11.7. The number of imidazole rings is 1. The van der Waals surface area contributed by atoms with E-state index in [0.29, 0.717) is 5.95 Å². The Morgan fingerprint density at radius 1 is 1.22 bits per heavy atom. The molecular formula is C21H22FN7OS2. The van der Waals surface area contributed by atoms with Crippen molar-refractivity contribution in [2.45, 2.75) is 0 Å². The molecular weight excluding hydrogens is 449 g/mol. The van der Waals surface area contributed by atoms with Crippen LogP contribution in [0.1, 0.15) is 0 Å². The van der Waals surface area contributed by atoms with Gasteiger partial charge in [0, 0.05) is 61.7 Å². The van der Waals surface area contributed by atoms with E-state index in [0.717, 1.165) is 53.8 Å². The second-order valence-electron chi connectivity index (χ2n) is 7.27. The van der Waals surface area contributed by atoms with Crippen molar-refractivity contribution in [1.29, 1.82) is 0 Å². The van der Waals surface area contributed by atoms with E-state index in [-0.39, 0.29) is 5.75 Å². The molecule has 4 aromatic rings. The predicted octanol–water partition coefficient (Wildman–Crippen LogP) is 3.89. The van der Waals surface area contributed by atoms with Gasteiger partial charge in [0.05, 0.1) is 18.5 Å². The quantitative estimate of drug-likeness (QED) is 0.407. The van der Waals surface area contributed by atoms with Gasteiger partial charge in [-0.3, -0.25) is 4.40 Å². The van der Waals surface area contributed by atoms with Crippen molar-refractivity contribution >= 4 is 34.4 Å². The number of hydrogen-bond acceptors (Lipinski definition) is 9. The number of nitrogens with zero attached hydrogens (tertiary/aromatic N) is 6. The van der Waals surface area contributed by atoms with Gasteiger partial charge < -0.3 is 10.1 Å². The summed E-state index contributed by atoms with van der Waals surface area (Å²) in [6.45, 7) is 3.74. The molecule has 32 heavy (non-hydrogen) atoms. The Kier molecular flexibility index (Phi) is 5.96. The van der Waals surface area contributed by atoms with Gasteiger partial charge in [0.15, 0.2) is 16.5 Å². The van der Waals surface area contributed by atoms with Crippen molar-refractivity contribution < 1.29 is 9.13 Å². The minimum Gasteiger partial charge on any atom is -0.494 e. The maximum Gasteiger partial charge on any atom is 0.223 e. The van der Waals surface area contributed by atoms with Gasteiger partial charge in [0.2, 0.25) is 5.95 Å². The van der Waals surface area contributed by atoms with E-state index in [1.807, 2.05) is 22.0 Å². The number of likely N-dealkylation sites (N-methyl/N-ethyl adjacent to an activating group) is 1. The molecule has 1 aliphatic rings. The molecule has 0 spiro atoms. The molecule has 0 atom stereocenters. The van der Waals surface area contributed by atoms with Crippen molar-refractivity contribution in [3.05, 3.63) is 47.9 Å². The van der Waals surface area contributed by atoms with Gasteiger partial charge in [-0.2, -0.15) is 0 Å². The summed E-state index contributed by atoms with van der Waals surface area (Å²) in [6, 6.07) is 6.63. The summed E-state index contributed by atoms with van der Waals surface area (Å²) in [5.41, 5.74) is 3.05. The zero-order valence-corrected chi connectivity index (χ0v) is 19.3. The highest BCUT2D eigenvalue weighted by Gasteiger charge is 2.20. The van der Waals surface area contributed by atoms with Crippen LogP contribution >= 0.6 is 23.5 Å². The summed E-state index contributed by atoms with van der Waals surface area (Å²) in [5, 5.41) is 5.30. The van der Waals surface area contributed by atoms with Crippen molar-refractivity contribution in [3.8, 4) is 28.4 Å². The number of halogens is 1. The molecule has 1 saturated heterocycles. The van der Waals surface area contributed by atoms with Crippen LogP contribution in [0.4, 0.5) is 10.3 Å². The SMILES string of the molecule is COc1cc(-c2nc3sccn3c2-c2ccnc(NCCN3CCN(C)S3)n2)ccc1F. The van der Waals surface area contributed by atoms with Crippen LogP contribution in [0.25, 0.3) is 27.6 Å². The number of benzene rings is 1. The Morgan fingerprint density at radius 3 is 2.94 bits per heavy atom. The average Bonchev–Trinajstić information content (AvgIpc) is 3.50. The first kappa shape index (κ1) is 21.1. The minimum absolute atomic E-state index is 0.181. The lowest BCUT2D eigenvalue weighted by Gasteiger charge is -2.14. The molecule has 8 nitrogen and oxygen atoms in total. The van der Waals surface area contributed by atoms with Crippen LogP contribution in [-0.2, 0) is 0 Å². The molecule has 1 N–H and O–H groups in total. The van der Waals surface area contributed by atoms with E-state index in [1.54, 1.807) is 30.5 Å². The summed E-state index contributed by atoms with van der Waals surface area (Å²) < 4.78 is 25.7. The maximum atomic E-state index is 14.0. The molecule has 1 aromatic carbocycles. The lowest BCUT2D eigenvalue weighted by Crippen LogP contribution is -2.22. The van der Waals surface area contributed by atoms with Crippen molar-refractivity contribution in [2.75, 3.05) is 45.7 Å². The van der Waals surface area contributed by atoms with E-state index in [9.17, 15) is 4.39 Å². The Morgan fingerprint density at radius 2 is 2.12 bits per heavy atom. The van der Waals surface area contributed by atoms with Gasteiger partial charge in [-0.25, -0.2) is 28.0 Å². The number of thiazole rings is 1. The molecule has 0 amide bonds. The highest BCUT2D eigenvalue weighted by atomic mass is 32.2. The lowest BCUT2D eigenvalue weighted by atomic mass is 10.1. The Balaban J connectivity index is 1.45. The molecule has 0 aliphatic carbocycles. The molecule has 4 heterocycles. The van der Waals surface area contributed by atoms with E-state index in [1.165, 1.54) is 24.5 Å².